The SMILES string of the molecule is Cc1nn([C@H]2CC[C@H](C)CC2)cc1NC(=O)c1cnn2ccc(N3C[C@H]4C[C@@H]3CO4)nc12. The van der Waals surface area contributed by atoms with Crippen LogP contribution < -0.4 is 10.2 Å². The second-order valence-corrected chi connectivity index (χ2v) is 9.59. The Bertz CT molecular complexity index is 1160. The number of anilines is 2. The lowest BCUT2D eigenvalue weighted by Crippen LogP contribution is -2.37. The summed E-state index contributed by atoms with van der Waals surface area (Å²) in [7, 11) is 0. The minimum atomic E-state index is -0.212. The molecule has 5 heterocycles. The van der Waals surface area contributed by atoms with E-state index < -0.39 is 0 Å². The Kier molecular flexibility index (Phi) is 4.67. The number of carbonyl (C=O) groups is 1. The lowest BCUT2D eigenvalue weighted by molar-refractivity contribution is 0.0988. The number of hydrogen-bond acceptors (Lipinski definition) is 6. The highest BCUT2D eigenvalue weighted by molar-refractivity contribution is 6.08. The van der Waals surface area contributed by atoms with Crippen LogP contribution in [0.5, 0.6) is 0 Å². The van der Waals surface area contributed by atoms with Gasteiger partial charge in [-0.1, -0.05) is 6.92 Å². The van der Waals surface area contributed by atoms with Crippen LogP contribution >= 0.6 is 0 Å². The number of ether oxygens (including phenoxy) is 1. The van der Waals surface area contributed by atoms with Gasteiger partial charge >= 0.3 is 0 Å². The van der Waals surface area contributed by atoms with Crippen LogP contribution in [0.1, 0.15) is 61.1 Å². The van der Waals surface area contributed by atoms with Gasteiger partial charge in [-0.05, 0) is 51.0 Å². The zero-order valence-electron chi connectivity index (χ0n) is 18.6. The van der Waals surface area contributed by atoms with Crippen LogP contribution in [0.4, 0.5) is 11.5 Å². The molecule has 3 aromatic heterocycles. The monoisotopic (exact) mass is 435 g/mol. The predicted octanol–water partition coefficient (Wildman–Crippen LogP) is 3.22. The molecule has 3 aliphatic rings. The molecule has 168 valence electrons. The number of carbonyl (C=O) groups excluding carboxylic acids is 1. The van der Waals surface area contributed by atoms with Crippen molar-refractivity contribution in [2.75, 3.05) is 23.4 Å². The number of amides is 1. The smallest absolute Gasteiger partial charge is 0.261 e. The number of aryl methyl sites for hydroxylation is 1. The second kappa shape index (κ2) is 7.58. The van der Waals surface area contributed by atoms with Crippen molar-refractivity contribution >= 4 is 23.1 Å². The van der Waals surface area contributed by atoms with E-state index in [4.69, 9.17) is 14.8 Å². The summed E-state index contributed by atoms with van der Waals surface area (Å²) < 4.78 is 9.40. The Hall–Kier alpha value is -2.94. The van der Waals surface area contributed by atoms with Crippen LogP contribution in [-0.2, 0) is 4.74 Å². The summed E-state index contributed by atoms with van der Waals surface area (Å²) in [6.45, 7) is 5.84. The van der Waals surface area contributed by atoms with Gasteiger partial charge in [-0.25, -0.2) is 9.50 Å². The van der Waals surface area contributed by atoms with Gasteiger partial charge in [-0.15, -0.1) is 0 Å². The average Bonchev–Trinajstić information content (AvgIpc) is 3.58. The summed E-state index contributed by atoms with van der Waals surface area (Å²) in [6.07, 6.45) is 11.5. The maximum absolute atomic E-state index is 13.2. The summed E-state index contributed by atoms with van der Waals surface area (Å²) in [4.78, 5) is 20.2. The van der Waals surface area contributed by atoms with Crippen LogP contribution in [0.15, 0.2) is 24.7 Å². The fraction of sp³-hybridized carbons (Fsp3) is 0.565. The molecule has 2 atom stereocenters. The van der Waals surface area contributed by atoms with Gasteiger partial charge in [0.05, 0.1) is 42.4 Å². The maximum Gasteiger partial charge on any atom is 0.261 e. The lowest BCUT2D eigenvalue weighted by Gasteiger charge is -2.27. The normalized spacial score (nSPS) is 27.4. The highest BCUT2D eigenvalue weighted by Gasteiger charge is 2.39. The Labute approximate surface area is 186 Å². The van der Waals surface area contributed by atoms with E-state index in [-0.39, 0.29) is 12.0 Å². The molecule has 2 bridgehead atoms. The van der Waals surface area contributed by atoms with Gasteiger partial charge in [0.15, 0.2) is 5.65 Å². The average molecular weight is 436 g/mol. The van der Waals surface area contributed by atoms with E-state index in [2.05, 4.69) is 22.2 Å². The number of aromatic nitrogens is 5. The van der Waals surface area contributed by atoms with Crippen LogP contribution in [0.3, 0.4) is 0 Å². The molecule has 9 nitrogen and oxygen atoms in total. The molecule has 0 unspecified atom stereocenters. The third kappa shape index (κ3) is 3.35. The summed E-state index contributed by atoms with van der Waals surface area (Å²) in [5, 5.41) is 12.1. The van der Waals surface area contributed by atoms with Crippen LogP contribution in [0.2, 0.25) is 0 Å². The maximum atomic E-state index is 13.2. The molecular formula is C23H29N7O2. The Morgan fingerprint density at radius 2 is 2.06 bits per heavy atom. The van der Waals surface area contributed by atoms with Crippen molar-refractivity contribution in [2.24, 2.45) is 5.92 Å². The van der Waals surface area contributed by atoms with Gasteiger partial charge < -0.3 is 15.0 Å². The molecular weight excluding hydrogens is 406 g/mol. The molecule has 3 aromatic rings. The number of hydrogen-bond donors (Lipinski definition) is 1. The molecule has 1 N–H and O–H groups in total. The summed E-state index contributed by atoms with van der Waals surface area (Å²) in [6, 6.07) is 2.74. The minimum Gasteiger partial charge on any atom is -0.374 e. The van der Waals surface area contributed by atoms with Crippen molar-refractivity contribution in [3.05, 3.63) is 35.9 Å². The molecule has 1 amide bonds. The van der Waals surface area contributed by atoms with Gasteiger partial charge in [0.1, 0.15) is 11.4 Å². The first-order chi connectivity index (χ1) is 15.5. The third-order valence-electron chi connectivity index (χ3n) is 7.32. The van der Waals surface area contributed by atoms with E-state index in [1.807, 2.05) is 30.1 Å². The first-order valence-corrected chi connectivity index (χ1v) is 11.6. The zero-order valence-corrected chi connectivity index (χ0v) is 18.6. The fourth-order valence-corrected chi connectivity index (χ4v) is 5.35. The van der Waals surface area contributed by atoms with Crippen molar-refractivity contribution in [3.63, 3.8) is 0 Å². The van der Waals surface area contributed by atoms with Crippen molar-refractivity contribution < 1.29 is 9.53 Å². The molecule has 32 heavy (non-hydrogen) atoms. The summed E-state index contributed by atoms with van der Waals surface area (Å²) in [5.74, 6) is 1.45. The number of fused-ring (bicyclic) bond motifs is 3. The van der Waals surface area contributed by atoms with Crippen LogP contribution in [0.25, 0.3) is 5.65 Å². The molecule has 6 rings (SSSR count). The van der Waals surface area contributed by atoms with Crippen molar-refractivity contribution in [1.29, 1.82) is 0 Å². The van der Waals surface area contributed by atoms with Gasteiger partial charge in [0, 0.05) is 18.9 Å². The molecule has 2 aliphatic heterocycles. The summed E-state index contributed by atoms with van der Waals surface area (Å²) in [5.41, 5.74) is 2.61. The molecule has 0 aromatic carbocycles. The van der Waals surface area contributed by atoms with E-state index >= 15 is 0 Å². The fourth-order valence-electron chi connectivity index (χ4n) is 5.35. The zero-order chi connectivity index (χ0) is 21.8. The molecule has 2 saturated heterocycles. The lowest BCUT2D eigenvalue weighted by atomic mass is 9.87. The number of nitrogens with zero attached hydrogens (tertiary/aromatic N) is 6. The first-order valence-electron chi connectivity index (χ1n) is 11.6. The first kappa shape index (κ1) is 19.7. The van der Waals surface area contributed by atoms with Gasteiger partial charge in [0.25, 0.3) is 5.91 Å². The Balaban J connectivity index is 1.23. The highest BCUT2D eigenvalue weighted by Crippen LogP contribution is 2.33. The van der Waals surface area contributed by atoms with Gasteiger partial charge in [-0.3, -0.25) is 9.48 Å². The van der Waals surface area contributed by atoms with E-state index in [0.29, 0.717) is 23.3 Å². The van der Waals surface area contributed by atoms with Crippen LogP contribution in [-0.4, -0.2) is 55.6 Å². The largest absolute Gasteiger partial charge is 0.374 e. The minimum absolute atomic E-state index is 0.212. The number of morpholine rings is 1. The van der Waals surface area contributed by atoms with Crippen molar-refractivity contribution in [2.45, 2.75) is 64.1 Å². The molecule has 0 radical (unpaired) electrons. The Morgan fingerprint density at radius 1 is 1.22 bits per heavy atom. The van der Waals surface area contributed by atoms with Gasteiger partial charge in [-0.2, -0.15) is 10.2 Å². The summed E-state index contributed by atoms with van der Waals surface area (Å²) >= 11 is 0. The molecule has 0 spiro atoms. The van der Waals surface area contributed by atoms with Crippen molar-refractivity contribution in [3.8, 4) is 0 Å². The van der Waals surface area contributed by atoms with E-state index in [0.717, 1.165) is 55.5 Å². The van der Waals surface area contributed by atoms with Gasteiger partial charge in [0.2, 0.25) is 0 Å². The predicted molar refractivity (Wildman–Crippen MR) is 120 cm³/mol. The topological polar surface area (TPSA) is 89.6 Å². The van der Waals surface area contributed by atoms with Crippen LogP contribution in [0, 0.1) is 12.8 Å². The third-order valence-corrected chi connectivity index (χ3v) is 7.32. The molecule has 1 aliphatic carbocycles. The second-order valence-electron chi connectivity index (χ2n) is 9.59. The molecule has 1 saturated carbocycles. The van der Waals surface area contributed by atoms with E-state index in [1.165, 1.54) is 12.8 Å². The van der Waals surface area contributed by atoms with E-state index in [1.54, 1.807) is 10.7 Å². The molecule has 3 fully saturated rings. The Morgan fingerprint density at radius 3 is 2.81 bits per heavy atom. The standard InChI is InChI=1S/C23H29N7O2/c1-14-3-5-16(6-4-14)30-12-20(15(2)27-30)25-23(31)19-10-24-29-8-7-21(26-22(19)29)28-11-18-9-17(28)13-32-18/h7-8,10,12,14,16-18H,3-6,9,11,13H2,1-2H3,(H,25,31)/t14-,16-,17-,18-/m1/s1. The van der Waals surface area contributed by atoms with Crippen molar-refractivity contribution in [1.82, 2.24) is 24.4 Å². The van der Waals surface area contributed by atoms with E-state index in [9.17, 15) is 4.79 Å². The quantitative estimate of drug-likeness (QED) is 0.677. The number of rotatable bonds is 4. The number of nitrogens with one attached hydrogen (secondary N) is 1. The molecule has 9 heteroatoms. The highest BCUT2D eigenvalue weighted by atomic mass is 16.5.